The highest BCUT2D eigenvalue weighted by molar-refractivity contribution is 5.80. The van der Waals surface area contributed by atoms with Crippen LogP contribution in [0.5, 0.6) is 0 Å². The fraction of sp³-hybridized carbons (Fsp3) is 0.867. The SMILES string of the molecule is CC(C)C(C(=O)O)N(C(=O)OC(C)(C)C)C1CCOCC1. The Morgan fingerprint density at radius 3 is 2.14 bits per heavy atom. The Bertz CT molecular complexity index is 369. The monoisotopic (exact) mass is 301 g/mol. The predicted molar refractivity (Wildman–Crippen MR) is 78.2 cm³/mol. The van der Waals surface area contributed by atoms with Gasteiger partial charge in [0, 0.05) is 19.3 Å². The summed E-state index contributed by atoms with van der Waals surface area (Å²) in [5.41, 5.74) is -0.652. The van der Waals surface area contributed by atoms with Crippen molar-refractivity contribution in [3.63, 3.8) is 0 Å². The number of aliphatic carboxylic acids is 1. The zero-order chi connectivity index (χ0) is 16.2. The van der Waals surface area contributed by atoms with Crippen LogP contribution in [0.2, 0.25) is 0 Å². The van der Waals surface area contributed by atoms with Crippen molar-refractivity contribution in [3.8, 4) is 0 Å². The van der Waals surface area contributed by atoms with Crippen LogP contribution in [0.25, 0.3) is 0 Å². The minimum absolute atomic E-state index is 0.155. The van der Waals surface area contributed by atoms with E-state index in [0.29, 0.717) is 26.1 Å². The summed E-state index contributed by atoms with van der Waals surface area (Å²) >= 11 is 0. The molecule has 0 aromatic carbocycles. The highest BCUT2D eigenvalue weighted by atomic mass is 16.6. The number of amides is 1. The number of carbonyl (C=O) groups excluding carboxylic acids is 1. The van der Waals surface area contributed by atoms with E-state index in [-0.39, 0.29) is 12.0 Å². The first-order chi connectivity index (χ1) is 9.63. The fourth-order valence-corrected chi connectivity index (χ4v) is 2.49. The molecule has 21 heavy (non-hydrogen) atoms. The van der Waals surface area contributed by atoms with Gasteiger partial charge in [0.2, 0.25) is 0 Å². The summed E-state index contributed by atoms with van der Waals surface area (Å²) in [5, 5.41) is 9.51. The van der Waals surface area contributed by atoms with E-state index in [1.165, 1.54) is 4.90 Å². The van der Waals surface area contributed by atoms with Gasteiger partial charge in [-0.05, 0) is 39.5 Å². The molecule has 1 fully saturated rings. The fourth-order valence-electron chi connectivity index (χ4n) is 2.49. The molecule has 122 valence electrons. The lowest BCUT2D eigenvalue weighted by molar-refractivity contribution is -0.147. The van der Waals surface area contributed by atoms with Gasteiger partial charge in [0.1, 0.15) is 11.6 Å². The minimum Gasteiger partial charge on any atom is -0.480 e. The van der Waals surface area contributed by atoms with Crippen LogP contribution < -0.4 is 0 Å². The number of hydrogen-bond donors (Lipinski definition) is 1. The molecule has 6 heteroatoms. The summed E-state index contributed by atoms with van der Waals surface area (Å²) in [4.78, 5) is 25.5. The first-order valence-electron chi connectivity index (χ1n) is 7.45. The number of carboxylic acids is 1. The molecular weight excluding hydrogens is 274 g/mol. The number of carboxylic acid groups (broad SMARTS) is 1. The number of hydrogen-bond acceptors (Lipinski definition) is 4. The van der Waals surface area contributed by atoms with E-state index >= 15 is 0 Å². The van der Waals surface area contributed by atoms with Crippen LogP contribution in [0.1, 0.15) is 47.5 Å². The molecular formula is C15H27NO5. The Morgan fingerprint density at radius 2 is 1.76 bits per heavy atom. The van der Waals surface area contributed by atoms with Gasteiger partial charge in [-0.1, -0.05) is 13.8 Å². The van der Waals surface area contributed by atoms with Crippen molar-refractivity contribution in [2.75, 3.05) is 13.2 Å². The molecule has 1 saturated heterocycles. The molecule has 0 saturated carbocycles. The van der Waals surface area contributed by atoms with E-state index in [4.69, 9.17) is 9.47 Å². The van der Waals surface area contributed by atoms with Gasteiger partial charge in [0.25, 0.3) is 0 Å². The summed E-state index contributed by atoms with van der Waals surface area (Å²) in [7, 11) is 0. The van der Waals surface area contributed by atoms with Gasteiger partial charge < -0.3 is 14.6 Å². The molecule has 0 aliphatic carbocycles. The van der Waals surface area contributed by atoms with Gasteiger partial charge in [-0.15, -0.1) is 0 Å². The van der Waals surface area contributed by atoms with Gasteiger partial charge in [0.15, 0.2) is 0 Å². The number of carbonyl (C=O) groups is 2. The Morgan fingerprint density at radius 1 is 1.24 bits per heavy atom. The van der Waals surface area contributed by atoms with Crippen LogP contribution >= 0.6 is 0 Å². The van der Waals surface area contributed by atoms with Crippen LogP contribution in [-0.2, 0) is 14.3 Å². The predicted octanol–water partition coefficient (Wildman–Crippen LogP) is 2.51. The quantitative estimate of drug-likeness (QED) is 0.863. The molecule has 1 atom stereocenters. The summed E-state index contributed by atoms with van der Waals surface area (Å²) in [5.74, 6) is -1.19. The molecule has 0 bridgehead atoms. The maximum Gasteiger partial charge on any atom is 0.411 e. The first-order valence-corrected chi connectivity index (χ1v) is 7.45. The van der Waals surface area contributed by atoms with Crippen molar-refractivity contribution in [2.45, 2.75) is 65.1 Å². The van der Waals surface area contributed by atoms with E-state index in [1.54, 1.807) is 34.6 Å². The number of ether oxygens (including phenoxy) is 2. The molecule has 0 radical (unpaired) electrons. The zero-order valence-electron chi connectivity index (χ0n) is 13.6. The van der Waals surface area contributed by atoms with Crippen molar-refractivity contribution < 1.29 is 24.2 Å². The van der Waals surface area contributed by atoms with Crippen molar-refractivity contribution in [2.24, 2.45) is 5.92 Å². The summed E-state index contributed by atoms with van der Waals surface area (Å²) < 4.78 is 10.7. The third-order valence-corrected chi connectivity index (χ3v) is 3.37. The van der Waals surface area contributed by atoms with E-state index in [2.05, 4.69) is 0 Å². The van der Waals surface area contributed by atoms with Gasteiger partial charge in [0.05, 0.1) is 0 Å². The highest BCUT2D eigenvalue weighted by Crippen LogP contribution is 2.24. The highest BCUT2D eigenvalue weighted by Gasteiger charge is 2.40. The minimum atomic E-state index is -0.998. The zero-order valence-corrected chi connectivity index (χ0v) is 13.6. The standard InChI is InChI=1S/C15H27NO5/c1-10(2)12(13(17)18)16(11-6-8-20-9-7-11)14(19)21-15(3,4)5/h10-12H,6-9H2,1-5H3,(H,17,18). The molecule has 6 nitrogen and oxygen atoms in total. The normalized spacial score (nSPS) is 18.4. The summed E-state index contributed by atoms with van der Waals surface area (Å²) in [6.45, 7) is 10.0. The molecule has 1 heterocycles. The van der Waals surface area contributed by atoms with Crippen molar-refractivity contribution in [3.05, 3.63) is 0 Å². The van der Waals surface area contributed by atoms with Crippen LogP contribution in [0.3, 0.4) is 0 Å². The molecule has 0 aromatic heterocycles. The molecule has 1 aliphatic rings. The smallest absolute Gasteiger partial charge is 0.411 e. The molecule has 0 spiro atoms. The number of rotatable bonds is 4. The van der Waals surface area contributed by atoms with Gasteiger partial charge >= 0.3 is 12.1 Å². The lowest BCUT2D eigenvalue weighted by atomic mass is 9.98. The second kappa shape index (κ2) is 7.11. The first kappa shape index (κ1) is 17.8. The third-order valence-electron chi connectivity index (χ3n) is 3.37. The molecule has 1 rings (SSSR count). The molecule has 1 N–H and O–H groups in total. The van der Waals surface area contributed by atoms with Crippen molar-refractivity contribution >= 4 is 12.1 Å². The van der Waals surface area contributed by atoms with E-state index in [9.17, 15) is 14.7 Å². The molecule has 1 amide bonds. The second-order valence-electron chi connectivity index (χ2n) is 6.76. The molecule has 1 aliphatic heterocycles. The van der Waals surface area contributed by atoms with Crippen LogP contribution in [0, 0.1) is 5.92 Å². The maximum absolute atomic E-state index is 12.5. The van der Waals surface area contributed by atoms with Crippen molar-refractivity contribution in [1.82, 2.24) is 4.90 Å². The van der Waals surface area contributed by atoms with E-state index in [0.717, 1.165) is 0 Å². The van der Waals surface area contributed by atoms with Crippen molar-refractivity contribution in [1.29, 1.82) is 0 Å². The van der Waals surface area contributed by atoms with Crippen LogP contribution in [0.4, 0.5) is 4.79 Å². The van der Waals surface area contributed by atoms with Gasteiger partial charge in [-0.3, -0.25) is 4.90 Å². The molecule has 1 unspecified atom stereocenters. The van der Waals surface area contributed by atoms with Crippen LogP contribution in [-0.4, -0.2) is 53.0 Å². The van der Waals surface area contributed by atoms with E-state index < -0.39 is 23.7 Å². The average Bonchev–Trinajstić information content (AvgIpc) is 2.33. The Kier molecular flexibility index (Phi) is 6.01. The largest absolute Gasteiger partial charge is 0.480 e. The van der Waals surface area contributed by atoms with Gasteiger partial charge in [-0.25, -0.2) is 9.59 Å². The second-order valence-corrected chi connectivity index (χ2v) is 6.76. The Hall–Kier alpha value is -1.30. The average molecular weight is 301 g/mol. The third kappa shape index (κ3) is 5.19. The Balaban J connectivity index is 3.02. The van der Waals surface area contributed by atoms with E-state index in [1.807, 2.05) is 0 Å². The Labute approximate surface area is 126 Å². The number of nitrogens with zero attached hydrogens (tertiary/aromatic N) is 1. The summed E-state index contributed by atoms with van der Waals surface area (Å²) in [6.07, 6.45) is 0.710. The maximum atomic E-state index is 12.5. The molecule has 0 aromatic rings. The topological polar surface area (TPSA) is 76.1 Å². The lowest BCUT2D eigenvalue weighted by Crippen LogP contribution is -2.55. The summed E-state index contributed by atoms with van der Waals surface area (Å²) in [6, 6.07) is -1.04. The lowest BCUT2D eigenvalue weighted by Gasteiger charge is -2.40. The van der Waals surface area contributed by atoms with Gasteiger partial charge in [-0.2, -0.15) is 0 Å². The van der Waals surface area contributed by atoms with Crippen LogP contribution in [0.15, 0.2) is 0 Å².